The topological polar surface area (TPSA) is 6.48 Å². The number of aryl methyl sites for hydroxylation is 4. The zero-order chi connectivity index (χ0) is 39.0. The van der Waals surface area contributed by atoms with Gasteiger partial charge >= 0.3 is 0 Å². The van der Waals surface area contributed by atoms with Crippen LogP contribution in [-0.4, -0.2) is 6.71 Å². The highest BCUT2D eigenvalue weighted by Gasteiger charge is 2.46. The monoisotopic (exact) mass is 754 g/mol. The first-order valence-electron chi connectivity index (χ1n) is 21.5. The normalized spacial score (nSPS) is 15.5. The van der Waals surface area contributed by atoms with E-state index in [2.05, 4.69) is 194 Å². The molecule has 2 nitrogen and oxygen atoms in total. The summed E-state index contributed by atoms with van der Waals surface area (Å²) < 4.78 is 0. The second-order valence-corrected chi connectivity index (χ2v) is 17.9. The summed E-state index contributed by atoms with van der Waals surface area (Å²) in [5.74, 6) is 0.150. The van der Waals surface area contributed by atoms with Gasteiger partial charge in [-0.1, -0.05) is 135 Å². The molecular formula is C56H43BN2. The Kier molecular flexibility index (Phi) is 6.92. The Morgan fingerprint density at radius 3 is 1.66 bits per heavy atom. The number of hydrogen-bond acceptors (Lipinski definition) is 2. The van der Waals surface area contributed by atoms with Crippen molar-refractivity contribution in [2.45, 2.75) is 50.9 Å². The number of nitrogens with zero attached hydrogens (tertiary/aromatic N) is 2. The Hall–Kier alpha value is -6.58. The summed E-state index contributed by atoms with van der Waals surface area (Å²) in [6.07, 6.45) is 4.68. The lowest BCUT2D eigenvalue weighted by Crippen LogP contribution is -2.61. The minimum absolute atomic E-state index is 0.112. The van der Waals surface area contributed by atoms with Crippen LogP contribution in [0.1, 0.15) is 69.8 Å². The molecule has 0 fully saturated rings. The Morgan fingerprint density at radius 2 is 1.00 bits per heavy atom. The molecule has 13 rings (SSSR count). The number of rotatable bonds is 5. The van der Waals surface area contributed by atoms with E-state index in [1.165, 1.54) is 125 Å². The molecule has 59 heavy (non-hydrogen) atoms. The number of anilines is 6. The molecule has 0 saturated carbocycles. The maximum Gasteiger partial charge on any atom is 0.252 e. The molecule has 2 heterocycles. The van der Waals surface area contributed by atoms with E-state index < -0.39 is 0 Å². The highest BCUT2D eigenvalue weighted by atomic mass is 15.2. The molecule has 0 N–H and O–H groups in total. The molecular weight excluding hydrogens is 711 g/mol. The number of benzene rings is 8. The van der Waals surface area contributed by atoms with E-state index in [9.17, 15) is 0 Å². The van der Waals surface area contributed by atoms with Gasteiger partial charge < -0.3 is 9.80 Å². The smallest absolute Gasteiger partial charge is 0.252 e. The van der Waals surface area contributed by atoms with Crippen molar-refractivity contribution in [3.63, 3.8) is 0 Å². The van der Waals surface area contributed by atoms with Crippen LogP contribution >= 0.6 is 0 Å². The fraction of sp³-hybridized carbons (Fsp3) is 0.143. The molecule has 0 unspecified atom stereocenters. The minimum atomic E-state index is -0.194. The molecule has 8 aromatic carbocycles. The van der Waals surface area contributed by atoms with E-state index >= 15 is 0 Å². The zero-order valence-electron chi connectivity index (χ0n) is 33.5. The summed E-state index contributed by atoms with van der Waals surface area (Å²) in [5, 5.41) is 0. The first kappa shape index (κ1) is 33.4. The predicted octanol–water partition coefficient (Wildman–Crippen LogP) is 11.5. The standard InChI is InChI=1S/C56H43BN2/c1-56(2)46-30-41(54(36-13-6-3-7-14-36)37-15-8-4-9-16-37)26-28-44(46)45-33-53-49(34-47(45)56)57-48-31-39-23-24-40(39)32-52(48)59(43-27-25-35-21-22-38(35)29-43)51-20-12-19-50(55(51)57)58(53)42-17-10-5-11-18-42/h3-20,25-34,54H,21-24H2,1-2H3. The van der Waals surface area contributed by atoms with Gasteiger partial charge in [-0.3, -0.25) is 0 Å². The summed E-state index contributed by atoms with van der Waals surface area (Å²) >= 11 is 0. The summed E-state index contributed by atoms with van der Waals surface area (Å²) in [4.78, 5) is 5.16. The first-order chi connectivity index (χ1) is 29.0. The van der Waals surface area contributed by atoms with Crippen molar-refractivity contribution in [1.82, 2.24) is 0 Å². The van der Waals surface area contributed by atoms with Crippen molar-refractivity contribution >= 4 is 57.2 Å². The van der Waals surface area contributed by atoms with Crippen molar-refractivity contribution in [2.75, 3.05) is 9.80 Å². The number of para-hydroxylation sites is 1. The zero-order valence-corrected chi connectivity index (χ0v) is 33.5. The average Bonchev–Trinajstić information content (AvgIpc) is 3.47. The maximum absolute atomic E-state index is 2.63. The number of hydrogen-bond donors (Lipinski definition) is 0. The summed E-state index contributed by atoms with van der Waals surface area (Å²) in [6.45, 7) is 5.02. The fourth-order valence-electron chi connectivity index (χ4n) is 11.4. The van der Waals surface area contributed by atoms with E-state index in [4.69, 9.17) is 0 Å². The molecule has 280 valence electrons. The Bertz CT molecular complexity index is 3000. The molecule has 2 aliphatic heterocycles. The quantitative estimate of drug-likeness (QED) is 0.128. The highest BCUT2D eigenvalue weighted by Crippen LogP contribution is 2.53. The van der Waals surface area contributed by atoms with Crippen molar-refractivity contribution in [3.05, 3.63) is 220 Å². The summed E-state index contributed by atoms with van der Waals surface area (Å²) in [5.41, 5.74) is 27.2. The van der Waals surface area contributed by atoms with Gasteiger partial charge in [0.1, 0.15) is 0 Å². The minimum Gasteiger partial charge on any atom is -0.311 e. The van der Waals surface area contributed by atoms with E-state index in [0.717, 1.165) is 12.8 Å². The van der Waals surface area contributed by atoms with Crippen molar-refractivity contribution < 1.29 is 0 Å². The van der Waals surface area contributed by atoms with Crippen molar-refractivity contribution in [1.29, 1.82) is 0 Å². The van der Waals surface area contributed by atoms with E-state index in [-0.39, 0.29) is 18.0 Å². The summed E-state index contributed by atoms with van der Waals surface area (Å²) in [6, 6.07) is 65.0. The molecule has 0 spiro atoms. The Morgan fingerprint density at radius 1 is 0.424 bits per heavy atom. The second kappa shape index (κ2) is 12.2. The molecule has 3 heteroatoms. The molecule has 0 amide bonds. The van der Waals surface area contributed by atoms with Gasteiger partial charge in [-0.25, -0.2) is 0 Å². The van der Waals surface area contributed by atoms with Gasteiger partial charge in [0.25, 0.3) is 6.71 Å². The molecule has 8 aromatic rings. The molecule has 0 saturated heterocycles. The SMILES string of the molecule is CC1(C)c2cc(C(c3ccccc3)c3ccccc3)ccc2-c2cc3c(cc21)B1c2cc4c(cc2N(c2ccc5c(c2)CC5)c2cccc(c21)N3c1ccccc1)CC4. The molecule has 3 aliphatic carbocycles. The van der Waals surface area contributed by atoms with Gasteiger partial charge in [-0.15, -0.1) is 0 Å². The molecule has 0 radical (unpaired) electrons. The lowest BCUT2D eigenvalue weighted by molar-refractivity contribution is 0.659. The fourth-order valence-corrected chi connectivity index (χ4v) is 11.4. The third-order valence-corrected chi connectivity index (χ3v) is 14.5. The lowest BCUT2D eigenvalue weighted by atomic mass is 9.33. The van der Waals surface area contributed by atoms with Gasteiger partial charge in [0.05, 0.1) is 0 Å². The van der Waals surface area contributed by atoms with Gasteiger partial charge in [-0.2, -0.15) is 0 Å². The van der Waals surface area contributed by atoms with Crippen LogP contribution in [-0.2, 0) is 31.1 Å². The molecule has 0 atom stereocenters. The molecule has 5 aliphatic rings. The van der Waals surface area contributed by atoms with Crippen LogP contribution in [0.25, 0.3) is 11.1 Å². The first-order valence-corrected chi connectivity index (χ1v) is 21.5. The van der Waals surface area contributed by atoms with Gasteiger partial charge in [0, 0.05) is 45.5 Å². The molecule has 0 bridgehead atoms. The average molecular weight is 755 g/mol. The maximum atomic E-state index is 2.63. The third-order valence-electron chi connectivity index (χ3n) is 14.5. The Labute approximate surface area is 347 Å². The van der Waals surface area contributed by atoms with Gasteiger partial charge in [-0.05, 0) is 152 Å². The predicted molar refractivity (Wildman–Crippen MR) is 247 cm³/mol. The van der Waals surface area contributed by atoms with Crippen LogP contribution in [0.5, 0.6) is 0 Å². The van der Waals surface area contributed by atoms with E-state index in [1.54, 1.807) is 0 Å². The Balaban J connectivity index is 1.04. The lowest BCUT2D eigenvalue weighted by Gasteiger charge is -2.45. The largest absolute Gasteiger partial charge is 0.311 e. The van der Waals surface area contributed by atoms with Crippen LogP contribution in [0.15, 0.2) is 170 Å². The van der Waals surface area contributed by atoms with Gasteiger partial charge in [0.2, 0.25) is 0 Å². The summed E-state index contributed by atoms with van der Waals surface area (Å²) in [7, 11) is 0. The van der Waals surface area contributed by atoms with Crippen LogP contribution < -0.4 is 26.2 Å². The van der Waals surface area contributed by atoms with Crippen LogP contribution in [0.3, 0.4) is 0 Å². The van der Waals surface area contributed by atoms with E-state index in [0.29, 0.717) is 0 Å². The van der Waals surface area contributed by atoms with Crippen molar-refractivity contribution in [2.24, 2.45) is 0 Å². The van der Waals surface area contributed by atoms with Crippen LogP contribution in [0.2, 0.25) is 0 Å². The highest BCUT2D eigenvalue weighted by molar-refractivity contribution is 7.00. The van der Waals surface area contributed by atoms with Gasteiger partial charge in [0.15, 0.2) is 0 Å². The number of fused-ring (bicyclic) bond motifs is 9. The van der Waals surface area contributed by atoms with Crippen LogP contribution in [0.4, 0.5) is 34.1 Å². The molecule has 0 aromatic heterocycles. The third kappa shape index (κ3) is 4.70. The van der Waals surface area contributed by atoms with E-state index in [1.807, 2.05) is 0 Å². The van der Waals surface area contributed by atoms with Crippen LogP contribution in [0, 0.1) is 0 Å². The second-order valence-electron chi connectivity index (χ2n) is 17.9. The van der Waals surface area contributed by atoms with Crippen molar-refractivity contribution in [3.8, 4) is 11.1 Å².